The van der Waals surface area contributed by atoms with Crippen molar-refractivity contribution in [1.82, 2.24) is 15.0 Å². The summed E-state index contributed by atoms with van der Waals surface area (Å²) in [7, 11) is 0. The minimum Gasteiger partial charge on any atom is -0.477 e. The lowest BCUT2D eigenvalue weighted by Crippen LogP contribution is -2.46. The van der Waals surface area contributed by atoms with Gasteiger partial charge in [0.15, 0.2) is 11.6 Å². The fraction of sp³-hybridized carbons (Fsp3) is 0.176. The topological polar surface area (TPSA) is 164 Å². The van der Waals surface area contributed by atoms with Crippen molar-refractivity contribution in [2.45, 2.75) is 6.92 Å². The number of anilines is 2. The molecular weight excluding hydrogens is 632 g/mol. The number of aromatic nitrogens is 3. The van der Waals surface area contributed by atoms with Gasteiger partial charge in [0, 0.05) is 61.0 Å². The highest BCUT2D eigenvalue weighted by atomic mass is 32.1. The molecule has 0 spiro atoms. The maximum atomic E-state index is 12.1. The van der Waals surface area contributed by atoms with E-state index in [0.29, 0.717) is 59.9 Å². The van der Waals surface area contributed by atoms with E-state index >= 15 is 0 Å². The van der Waals surface area contributed by atoms with Crippen LogP contribution in [0.2, 0.25) is 0 Å². The van der Waals surface area contributed by atoms with Gasteiger partial charge in [-0.2, -0.15) is 5.26 Å². The number of non-ortho nitro benzene ring substituents is 1. The molecule has 1 aliphatic rings. The van der Waals surface area contributed by atoms with Gasteiger partial charge in [0.25, 0.3) is 11.4 Å². The van der Waals surface area contributed by atoms with Gasteiger partial charge in [0.1, 0.15) is 16.5 Å². The summed E-state index contributed by atoms with van der Waals surface area (Å²) in [6.45, 7) is 4.48. The predicted octanol–water partition coefficient (Wildman–Crippen LogP) is 6.99. The van der Waals surface area contributed by atoms with Gasteiger partial charge < -0.3 is 14.5 Å². The molecule has 3 aromatic heterocycles. The number of para-hydroxylation sites is 1. The molecule has 238 valence electrons. The van der Waals surface area contributed by atoms with Crippen molar-refractivity contribution in [2.24, 2.45) is 0 Å². The molecule has 6 aromatic rings. The number of thiophene rings is 1. The highest BCUT2D eigenvalue weighted by Gasteiger charge is 2.29. The van der Waals surface area contributed by atoms with E-state index in [1.165, 1.54) is 29.5 Å². The van der Waals surface area contributed by atoms with Crippen LogP contribution in [0.15, 0.2) is 78.9 Å². The Hall–Kier alpha value is -6.20. The summed E-state index contributed by atoms with van der Waals surface area (Å²) in [6, 6.07) is 24.7. The first-order valence-electron chi connectivity index (χ1n) is 15.1. The third kappa shape index (κ3) is 5.35. The van der Waals surface area contributed by atoms with Crippen molar-refractivity contribution in [3.8, 4) is 34.5 Å². The smallest absolute Gasteiger partial charge is 0.280 e. The second-order valence-corrected chi connectivity index (χ2v) is 11.9. The first kappa shape index (κ1) is 30.5. The van der Waals surface area contributed by atoms with Crippen LogP contribution in [-0.4, -0.2) is 57.6 Å². The van der Waals surface area contributed by atoms with Crippen LogP contribution < -0.4 is 14.5 Å². The number of fused-ring (bicyclic) bond motifs is 3. The van der Waals surface area contributed by atoms with Crippen molar-refractivity contribution < 1.29 is 14.6 Å². The van der Waals surface area contributed by atoms with Crippen LogP contribution in [0.25, 0.3) is 42.9 Å². The lowest BCUT2D eigenvalue weighted by Gasteiger charge is -2.37. The number of nitriles is 1. The Balaban J connectivity index is 1.43. The molecule has 0 N–H and O–H groups in total. The van der Waals surface area contributed by atoms with Crippen LogP contribution in [0.1, 0.15) is 12.5 Å². The van der Waals surface area contributed by atoms with E-state index in [1.54, 1.807) is 30.3 Å². The van der Waals surface area contributed by atoms with E-state index in [1.807, 2.05) is 37.3 Å². The van der Waals surface area contributed by atoms with Crippen molar-refractivity contribution >= 4 is 54.7 Å². The summed E-state index contributed by atoms with van der Waals surface area (Å²) in [5.41, 5.74) is 3.28. The molecule has 7 rings (SSSR count). The molecule has 1 aliphatic heterocycles. The SMILES string of the molecule is CCOc1nc2sc3c(N4CCN(c5ccc([N+](=O)[O-])cc5)CC4)nc(-c4ccccc4[N+](=O)[O-])nc3c2c(-c2ccccc2)c1C#N. The van der Waals surface area contributed by atoms with Crippen LogP contribution in [0, 0.1) is 31.6 Å². The average molecular weight is 659 g/mol. The highest BCUT2D eigenvalue weighted by Crippen LogP contribution is 2.46. The number of nitro groups is 2. The van der Waals surface area contributed by atoms with E-state index in [-0.39, 0.29) is 34.2 Å². The molecule has 0 unspecified atom stereocenters. The Morgan fingerprint density at radius 1 is 0.875 bits per heavy atom. The number of hydrogen-bond donors (Lipinski definition) is 0. The van der Waals surface area contributed by atoms with Gasteiger partial charge in [0.2, 0.25) is 5.88 Å². The lowest BCUT2D eigenvalue weighted by molar-refractivity contribution is -0.384. The predicted molar refractivity (Wildman–Crippen MR) is 184 cm³/mol. The van der Waals surface area contributed by atoms with Crippen molar-refractivity contribution in [1.29, 1.82) is 5.26 Å². The zero-order valence-corrected chi connectivity index (χ0v) is 26.4. The van der Waals surface area contributed by atoms with Gasteiger partial charge in [-0.25, -0.2) is 15.0 Å². The zero-order valence-electron chi connectivity index (χ0n) is 25.6. The summed E-state index contributed by atoms with van der Waals surface area (Å²) < 4.78 is 6.59. The minimum absolute atomic E-state index is 0.0311. The van der Waals surface area contributed by atoms with Crippen LogP contribution in [0.5, 0.6) is 5.88 Å². The van der Waals surface area contributed by atoms with E-state index in [9.17, 15) is 25.5 Å². The van der Waals surface area contributed by atoms with Crippen LogP contribution in [-0.2, 0) is 0 Å². The molecule has 4 heterocycles. The molecule has 0 atom stereocenters. The van der Waals surface area contributed by atoms with E-state index in [0.717, 1.165) is 16.0 Å². The van der Waals surface area contributed by atoms with Crippen LogP contribution in [0.4, 0.5) is 22.9 Å². The molecule has 1 saturated heterocycles. The molecule has 0 bridgehead atoms. The summed E-state index contributed by atoms with van der Waals surface area (Å²) >= 11 is 1.39. The molecule has 0 aliphatic carbocycles. The van der Waals surface area contributed by atoms with Crippen LogP contribution >= 0.6 is 11.3 Å². The number of hydrogen-bond acceptors (Lipinski definition) is 12. The normalized spacial score (nSPS) is 13.1. The Kier molecular flexibility index (Phi) is 7.95. The standard InChI is InChI=1S/C34H26N8O5S/c1-2-47-33-25(20-35)27(21-8-4-3-5-9-21)28-29-30(48-34(28)38-33)32(37-31(36-29)24-10-6-7-11-26(24)42(45)46)40-18-16-39(17-19-40)22-12-14-23(15-13-22)41(43)44/h3-15H,2,16-19H2,1H3. The number of ether oxygens (including phenoxy) is 1. The molecule has 13 nitrogen and oxygen atoms in total. The minimum atomic E-state index is -0.448. The summed E-state index contributed by atoms with van der Waals surface area (Å²) in [5.74, 6) is 1.02. The van der Waals surface area contributed by atoms with Gasteiger partial charge in [-0.15, -0.1) is 11.3 Å². The average Bonchev–Trinajstić information content (AvgIpc) is 3.49. The van der Waals surface area contributed by atoms with Crippen molar-refractivity contribution in [3.63, 3.8) is 0 Å². The van der Waals surface area contributed by atoms with Gasteiger partial charge in [0.05, 0.1) is 32.2 Å². The third-order valence-corrected chi connectivity index (χ3v) is 9.28. The molecule has 14 heteroatoms. The second-order valence-electron chi connectivity index (χ2n) is 10.9. The molecule has 0 radical (unpaired) electrons. The fourth-order valence-electron chi connectivity index (χ4n) is 5.99. The Bertz CT molecular complexity index is 2240. The maximum Gasteiger partial charge on any atom is 0.280 e. The fourth-order valence-corrected chi connectivity index (χ4v) is 7.13. The quantitative estimate of drug-likeness (QED) is 0.122. The number of rotatable bonds is 8. The maximum absolute atomic E-state index is 12.1. The highest BCUT2D eigenvalue weighted by molar-refractivity contribution is 7.26. The monoisotopic (exact) mass is 658 g/mol. The molecule has 0 amide bonds. The first-order chi connectivity index (χ1) is 23.4. The largest absolute Gasteiger partial charge is 0.477 e. The molecule has 1 fully saturated rings. The molecule has 48 heavy (non-hydrogen) atoms. The Morgan fingerprint density at radius 2 is 1.56 bits per heavy atom. The second kappa shape index (κ2) is 12.5. The van der Waals surface area contributed by atoms with Crippen molar-refractivity contribution in [2.75, 3.05) is 42.6 Å². The Morgan fingerprint density at radius 3 is 2.23 bits per heavy atom. The van der Waals surface area contributed by atoms with Crippen molar-refractivity contribution in [3.05, 3.63) is 105 Å². The van der Waals surface area contributed by atoms with E-state index < -0.39 is 9.85 Å². The molecule has 3 aromatic carbocycles. The number of benzene rings is 3. The lowest BCUT2D eigenvalue weighted by atomic mass is 9.98. The van der Waals surface area contributed by atoms with Crippen LogP contribution in [0.3, 0.4) is 0 Å². The number of nitrogens with zero attached hydrogens (tertiary/aromatic N) is 8. The van der Waals surface area contributed by atoms with E-state index in [2.05, 4.69) is 15.9 Å². The summed E-state index contributed by atoms with van der Waals surface area (Å²) in [4.78, 5) is 42.0. The van der Waals surface area contributed by atoms with Gasteiger partial charge >= 0.3 is 0 Å². The number of pyridine rings is 1. The summed E-state index contributed by atoms with van der Waals surface area (Å²) in [6.07, 6.45) is 0. The molecular formula is C34H26N8O5S. The molecule has 0 saturated carbocycles. The first-order valence-corrected chi connectivity index (χ1v) is 15.9. The third-order valence-electron chi connectivity index (χ3n) is 8.22. The Labute approximate surface area is 277 Å². The zero-order chi connectivity index (χ0) is 33.4. The van der Waals surface area contributed by atoms with E-state index in [4.69, 9.17) is 19.7 Å². The van der Waals surface area contributed by atoms with Gasteiger partial charge in [-0.1, -0.05) is 42.5 Å². The number of nitro benzene ring substituents is 2. The van der Waals surface area contributed by atoms with Gasteiger partial charge in [-0.3, -0.25) is 20.2 Å². The number of piperazine rings is 1. The summed E-state index contributed by atoms with van der Waals surface area (Å²) in [5, 5.41) is 34.3. The van der Waals surface area contributed by atoms with Gasteiger partial charge in [-0.05, 0) is 30.7 Å².